The summed E-state index contributed by atoms with van der Waals surface area (Å²) in [6.45, 7) is 11.8. The summed E-state index contributed by atoms with van der Waals surface area (Å²) < 4.78 is 1.25. The first-order chi connectivity index (χ1) is 13.9. The summed E-state index contributed by atoms with van der Waals surface area (Å²) in [5.74, 6) is 0.693. The number of fused-ring (bicyclic) bond motifs is 1. The Kier molecular flexibility index (Phi) is 5.59. The van der Waals surface area contributed by atoms with E-state index < -0.39 is 0 Å². The average Bonchev–Trinajstić information content (AvgIpc) is 3.15. The Morgan fingerprint density at radius 3 is 2.59 bits per heavy atom. The van der Waals surface area contributed by atoms with Gasteiger partial charge in [0.15, 0.2) is 5.13 Å². The molecule has 0 N–H and O–H groups in total. The Bertz CT molecular complexity index is 1030. The molecule has 0 spiro atoms. The van der Waals surface area contributed by atoms with Crippen molar-refractivity contribution in [3.63, 3.8) is 0 Å². The molecule has 2 aromatic carbocycles. The molecule has 4 nitrogen and oxygen atoms in total. The number of carbonyl (C=O) groups is 1. The second-order valence-electron chi connectivity index (χ2n) is 8.32. The van der Waals surface area contributed by atoms with Gasteiger partial charge < -0.3 is 9.80 Å². The number of hydrogen-bond donors (Lipinski definition) is 0. The van der Waals surface area contributed by atoms with Crippen molar-refractivity contribution < 1.29 is 4.79 Å². The molecule has 29 heavy (non-hydrogen) atoms. The lowest BCUT2D eigenvalue weighted by Gasteiger charge is -2.34. The second kappa shape index (κ2) is 8.15. The molecular weight excluding hydrogens is 378 g/mol. The van der Waals surface area contributed by atoms with Crippen molar-refractivity contribution in [2.24, 2.45) is 0 Å². The maximum atomic E-state index is 12.8. The summed E-state index contributed by atoms with van der Waals surface area (Å²) in [4.78, 5) is 22.1. The van der Waals surface area contributed by atoms with E-state index in [9.17, 15) is 4.79 Å². The minimum atomic E-state index is 0.227. The number of piperazine rings is 1. The van der Waals surface area contributed by atoms with E-state index >= 15 is 0 Å². The number of carbonyl (C=O) groups excluding carboxylic acids is 1. The minimum absolute atomic E-state index is 0.227. The first-order valence-corrected chi connectivity index (χ1v) is 11.2. The monoisotopic (exact) mass is 407 g/mol. The maximum absolute atomic E-state index is 12.8. The van der Waals surface area contributed by atoms with Gasteiger partial charge in [0.1, 0.15) is 0 Å². The largest absolute Gasteiger partial charge is 0.345 e. The quantitative estimate of drug-likeness (QED) is 0.615. The van der Waals surface area contributed by atoms with Crippen LogP contribution in [0.2, 0.25) is 0 Å². The van der Waals surface area contributed by atoms with Crippen LogP contribution in [0.3, 0.4) is 0 Å². The highest BCUT2D eigenvalue weighted by atomic mass is 32.1. The van der Waals surface area contributed by atoms with E-state index in [2.05, 4.69) is 69.0 Å². The molecule has 5 heteroatoms. The number of rotatable bonds is 4. The first kappa shape index (κ1) is 19.9. The number of nitrogens with zero attached hydrogens (tertiary/aromatic N) is 3. The summed E-state index contributed by atoms with van der Waals surface area (Å²) in [5, 5.41) is 1.08. The van der Waals surface area contributed by atoms with E-state index in [1.807, 2.05) is 4.90 Å². The van der Waals surface area contributed by atoms with Gasteiger partial charge in [-0.3, -0.25) is 4.79 Å². The van der Waals surface area contributed by atoms with Crippen LogP contribution in [0, 0.1) is 13.8 Å². The third-order valence-corrected chi connectivity index (χ3v) is 6.89. The highest BCUT2D eigenvalue weighted by molar-refractivity contribution is 7.22. The summed E-state index contributed by atoms with van der Waals surface area (Å²) in [6, 6.07) is 12.8. The number of amides is 1. The molecule has 0 saturated carbocycles. The van der Waals surface area contributed by atoms with Gasteiger partial charge in [0.2, 0.25) is 5.91 Å². The van der Waals surface area contributed by atoms with E-state index in [-0.39, 0.29) is 5.91 Å². The van der Waals surface area contributed by atoms with Crippen LogP contribution in [0.4, 0.5) is 5.13 Å². The SMILES string of the molecule is Cc1ccc(C)c(CC(=O)N2CCN(c3nc4c(C(C)C)cccc4s3)CC2)c1. The van der Waals surface area contributed by atoms with Gasteiger partial charge in [-0.2, -0.15) is 0 Å². The lowest BCUT2D eigenvalue weighted by atomic mass is 10.0. The molecule has 1 amide bonds. The molecule has 4 rings (SSSR count). The van der Waals surface area contributed by atoms with Crippen LogP contribution in [-0.4, -0.2) is 42.0 Å². The fraction of sp³-hybridized carbons (Fsp3) is 0.417. The molecule has 0 aliphatic carbocycles. The van der Waals surface area contributed by atoms with Crippen LogP contribution < -0.4 is 4.90 Å². The molecule has 0 radical (unpaired) electrons. The summed E-state index contributed by atoms with van der Waals surface area (Å²) >= 11 is 1.76. The van der Waals surface area contributed by atoms with Crippen LogP contribution in [0.25, 0.3) is 10.2 Å². The van der Waals surface area contributed by atoms with Crippen LogP contribution in [0.1, 0.15) is 42.0 Å². The Hall–Kier alpha value is -2.40. The maximum Gasteiger partial charge on any atom is 0.227 e. The smallest absolute Gasteiger partial charge is 0.227 e. The van der Waals surface area contributed by atoms with E-state index in [1.165, 1.54) is 21.4 Å². The van der Waals surface area contributed by atoms with Crippen LogP contribution >= 0.6 is 11.3 Å². The van der Waals surface area contributed by atoms with Gasteiger partial charge in [-0.05, 0) is 42.5 Å². The molecule has 2 heterocycles. The Balaban J connectivity index is 1.43. The van der Waals surface area contributed by atoms with Crippen LogP contribution in [-0.2, 0) is 11.2 Å². The number of para-hydroxylation sites is 1. The fourth-order valence-electron chi connectivity index (χ4n) is 3.97. The summed E-state index contributed by atoms with van der Waals surface area (Å²) in [5.41, 5.74) is 5.99. The predicted molar refractivity (Wildman–Crippen MR) is 122 cm³/mol. The highest BCUT2D eigenvalue weighted by Crippen LogP contribution is 2.33. The topological polar surface area (TPSA) is 36.4 Å². The van der Waals surface area contributed by atoms with Crippen molar-refractivity contribution in [2.45, 2.75) is 40.0 Å². The third-order valence-electron chi connectivity index (χ3n) is 5.81. The van der Waals surface area contributed by atoms with Gasteiger partial charge in [-0.1, -0.05) is 61.1 Å². The summed E-state index contributed by atoms with van der Waals surface area (Å²) in [6.07, 6.45) is 0.492. The van der Waals surface area contributed by atoms with E-state index in [4.69, 9.17) is 4.98 Å². The lowest BCUT2D eigenvalue weighted by Crippen LogP contribution is -2.49. The molecule has 1 saturated heterocycles. The molecule has 1 fully saturated rings. The van der Waals surface area contributed by atoms with Crippen molar-refractivity contribution in [1.29, 1.82) is 0 Å². The van der Waals surface area contributed by atoms with Gasteiger partial charge in [0, 0.05) is 26.2 Å². The number of aromatic nitrogens is 1. The number of aryl methyl sites for hydroxylation is 2. The third kappa shape index (κ3) is 4.15. The van der Waals surface area contributed by atoms with Crippen molar-refractivity contribution in [2.75, 3.05) is 31.1 Å². The number of thiazole rings is 1. The molecule has 3 aromatic rings. The Labute approximate surface area is 177 Å². The zero-order chi connectivity index (χ0) is 20.5. The molecule has 0 atom stereocenters. The fourth-order valence-corrected chi connectivity index (χ4v) is 5.02. The van der Waals surface area contributed by atoms with E-state index in [1.54, 1.807) is 11.3 Å². The standard InChI is InChI=1S/C24H29N3OS/c1-16(2)20-6-5-7-21-23(20)25-24(29-21)27-12-10-26(11-13-27)22(28)15-19-14-17(3)8-9-18(19)4/h5-9,14,16H,10-13,15H2,1-4H3. The first-order valence-electron chi connectivity index (χ1n) is 10.4. The highest BCUT2D eigenvalue weighted by Gasteiger charge is 2.24. The van der Waals surface area contributed by atoms with E-state index in [0.717, 1.165) is 42.4 Å². The average molecular weight is 408 g/mol. The van der Waals surface area contributed by atoms with Crippen LogP contribution in [0.15, 0.2) is 36.4 Å². The zero-order valence-corrected chi connectivity index (χ0v) is 18.6. The van der Waals surface area contributed by atoms with E-state index in [0.29, 0.717) is 12.3 Å². The van der Waals surface area contributed by atoms with Crippen LogP contribution in [0.5, 0.6) is 0 Å². The van der Waals surface area contributed by atoms with Crippen molar-refractivity contribution in [3.05, 3.63) is 58.7 Å². The predicted octanol–water partition coefficient (Wildman–Crippen LogP) is 4.93. The Morgan fingerprint density at radius 1 is 1.10 bits per heavy atom. The number of hydrogen-bond acceptors (Lipinski definition) is 4. The normalized spacial score (nSPS) is 14.8. The molecule has 152 valence electrons. The number of benzene rings is 2. The molecule has 1 aromatic heterocycles. The molecule has 0 unspecified atom stereocenters. The lowest BCUT2D eigenvalue weighted by molar-refractivity contribution is -0.130. The Morgan fingerprint density at radius 2 is 1.86 bits per heavy atom. The molecule has 1 aliphatic heterocycles. The van der Waals surface area contributed by atoms with Crippen molar-refractivity contribution in [3.8, 4) is 0 Å². The van der Waals surface area contributed by atoms with Gasteiger partial charge in [0.25, 0.3) is 0 Å². The van der Waals surface area contributed by atoms with Gasteiger partial charge in [-0.15, -0.1) is 0 Å². The van der Waals surface area contributed by atoms with Gasteiger partial charge >= 0.3 is 0 Å². The summed E-state index contributed by atoms with van der Waals surface area (Å²) in [7, 11) is 0. The molecule has 1 aliphatic rings. The second-order valence-corrected chi connectivity index (χ2v) is 9.33. The minimum Gasteiger partial charge on any atom is -0.345 e. The van der Waals surface area contributed by atoms with Gasteiger partial charge in [-0.25, -0.2) is 4.98 Å². The molecule has 0 bridgehead atoms. The van der Waals surface area contributed by atoms with Crippen molar-refractivity contribution >= 4 is 32.6 Å². The van der Waals surface area contributed by atoms with Gasteiger partial charge in [0.05, 0.1) is 16.6 Å². The molecular formula is C24H29N3OS. The number of anilines is 1. The van der Waals surface area contributed by atoms with Crippen molar-refractivity contribution in [1.82, 2.24) is 9.88 Å². The zero-order valence-electron chi connectivity index (χ0n) is 17.7.